The molecule has 7 rings (SSSR count). The van der Waals surface area contributed by atoms with Crippen molar-refractivity contribution in [2.75, 3.05) is 64.2 Å². The summed E-state index contributed by atoms with van der Waals surface area (Å²) in [5.74, 6) is -0.651. The number of amides is 4. The van der Waals surface area contributed by atoms with E-state index in [0.717, 1.165) is 67.8 Å². The number of carbonyl (C=O) groups is 3. The zero-order chi connectivity index (χ0) is 34.1. The number of piperidine rings is 2. The van der Waals surface area contributed by atoms with Crippen molar-refractivity contribution in [1.82, 2.24) is 29.5 Å². The van der Waals surface area contributed by atoms with E-state index in [1.165, 1.54) is 4.57 Å². The summed E-state index contributed by atoms with van der Waals surface area (Å²) in [6, 6.07) is 11.9. The van der Waals surface area contributed by atoms with Crippen molar-refractivity contribution in [3.8, 4) is 0 Å². The van der Waals surface area contributed by atoms with Crippen molar-refractivity contribution in [3.63, 3.8) is 0 Å². The number of nitrogens with one attached hydrogen (secondary N) is 2. The van der Waals surface area contributed by atoms with Crippen LogP contribution in [0.15, 0.2) is 45.6 Å². The molecular formula is C36H47N7O6. The van der Waals surface area contributed by atoms with Gasteiger partial charge in [-0.1, -0.05) is 24.3 Å². The number of likely N-dealkylation sites (tertiary alicyclic amines) is 2. The lowest BCUT2D eigenvalue weighted by Crippen LogP contribution is -2.54. The van der Waals surface area contributed by atoms with Crippen molar-refractivity contribution >= 4 is 34.8 Å². The van der Waals surface area contributed by atoms with Crippen LogP contribution in [0.4, 0.5) is 15.3 Å². The minimum atomic E-state index is -1.02. The molecule has 0 saturated carbocycles. The Kier molecular flexibility index (Phi) is 9.64. The van der Waals surface area contributed by atoms with Crippen molar-refractivity contribution in [2.24, 2.45) is 7.05 Å². The molecule has 13 nitrogen and oxygen atoms in total. The summed E-state index contributed by atoms with van der Waals surface area (Å²) in [6.45, 7) is 8.60. The van der Waals surface area contributed by atoms with Gasteiger partial charge in [-0.25, -0.2) is 14.4 Å². The second-order valence-electron chi connectivity index (χ2n) is 13.9. The van der Waals surface area contributed by atoms with Crippen molar-refractivity contribution < 1.29 is 23.5 Å². The van der Waals surface area contributed by atoms with Crippen LogP contribution in [0.25, 0.3) is 11.1 Å². The van der Waals surface area contributed by atoms with Crippen molar-refractivity contribution in [1.29, 1.82) is 0 Å². The molecule has 262 valence electrons. The molecule has 1 aromatic heterocycles. The van der Waals surface area contributed by atoms with Gasteiger partial charge in [0.05, 0.1) is 5.52 Å². The maximum Gasteiger partial charge on any atom is 0.419 e. The van der Waals surface area contributed by atoms with Gasteiger partial charge in [-0.05, 0) is 67.9 Å². The van der Waals surface area contributed by atoms with E-state index in [1.54, 1.807) is 18.0 Å². The molecule has 13 heteroatoms. The maximum atomic E-state index is 14.1. The molecule has 0 bridgehead atoms. The van der Waals surface area contributed by atoms with E-state index in [0.29, 0.717) is 62.7 Å². The number of anilines is 1. The normalized spacial score (nSPS) is 20.5. The van der Waals surface area contributed by atoms with Gasteiger partial charge in [0.15, 0.2) is 11.7 Å². The van der Waals surface area contributed by atoms with E-state index in [1.807, 2.05) is 47.1 Å². The summed E-state index contributed by atoms with van der Waals surface area (Å²) in [5.41, 5.74) is 4.72. The van der Waals surface area contributed by atoms with Crippen LogP contribution in [-0.4, -0.2) is 119 Å². The molecule has 0 aliphatic carbocycles. The first kappa shape index (κ1) is 33.2. The number of aryl methyl sites for hydroxylation is 2. The summed E-state index contributed by atoms with van der Waals surface area (Å²) in [7, 11) is 1.67. The highest BCUT2D eigenvalue weighted by atomic mass is 16.6. The predicted octanol–water partition coefficient (Wildman–Crippen LogP) is 2.94. The molecule has 3 saturated heterocycles. The van der Waals surface area contributed by atoms with Gasteiger partial charge < -0.3 is 34.5 Å². The van der Waals surface area contributed by atoms with E-state index in [-0.39, 0.29) is 24.4 Å². The molecule has 4 amide bonds. The van der Waals surface area contributed by atoms with E-state index in [2.05, 4.69) is 15.5 Å². The Hall–Kier alpha value is -4.36. The number of urea groups is 1. The number of nitrogens with zero attached hydrogens (tertiary/aromatic N) is 5. The predicted molar refractivity (Wildman–Crippen MR) is 185 cm³/mol. The summed E-state index contributed by atoms with van der Waals surface area (Å²) >= 11 is 0. The second kappa shape index (κ2) is 14.2. The SMILES string of the molecule is Cc1cc(C[C@@H](OC(=O)N2CCC(N3CCc4ccccc4NC3=O)CC2)C(=O)N2CCC(N3CCNCC3)CC2)cc2oc(=O)n(C)c12. The maximum absolute atomic E-state index is 14.1. The topological polar surface area (TPSA) is 133 Å². The van der Waals surface area contributed by atoms with E-state index in [4.69, 9.17) is 9.15 Å². The third-order valence-electron chi connectivity index (χ3n) is 10.8. The Morgan fingerprint density at radius 2 is 1.61 bits per heavy atom. The Balaban J connectivity index is 1.02. The summed E-state index contributed by atoms with van der Waals surface area (Å²) < 4.78 is 13.0. The summed E-state index contributed by atoms with van der Waals surface area (Å²) in [4.78, 5) is 61.0. The van der Waals surface area contributed by atoms with Gasteiger partial charge in [0, 0.05) is 90.1 Å². The average Bonchev–Trinajstić information content (AvgIpc) is 3.30. The van der Waals surface area contributed by atoms with E-state index < -0.39 is 18.0 Å². The van der Waals surface area contributed by atoms with E-state index in [9.17, 15) is 19.2 Å². The van der Waals surface area contributed by atoms with Gasteiger partial charge in [0.2, 0.25) is 0 Å². The molecule has 5 heterocycles. The lowest BCUT2D eigenvalue weighted by molar-refractivity contribution is -0.142. The molecule has 0 unspecified atom stereocenters. The van der Waals surface area contributed by atoms with E-state index >= 15 is 0 Å². The minimum Gasteiger partial charge on any atom is -0.436 e. The Morgan fingerprint density at radius 1 is 0.918 bits per heavy atom. The first-order chi connectivity index (χ1) is 23.7. The summed E-state index contributed by atoms with van der Waals surface area (Å²) in [5, 5.41) is 6.45. The molecule has 3 fully saturated rings. The molecule has 1 atom stereocenters. The van der Waals surface area contributed by atoms with Crippen LogP contribution in [0.1, 0.15) is 42.4 Å². The molecule has 2 N–H and O–H groups in total. The highest BCUT2D eigenvalue weighted by Gasteiger charge is 2.36. The molecule has 2 aromatic carbocycles. The van der Waals surface area contributed by atoms with Crippen LogP contribution in [-0.2, 0) is 29.4 Å². The lowest BCUT2D eigenvalue weighted by atomic mass is 10.00. The fourth-order valence-corrected chi connectivity index (χ4v) is 8.09. The number of hydrogen-bond acceptors (Lipinski definition) is 8. The number of ether oxygens (including phenoxy) is 1. The van der Waals surface area contributed by atoms with Crippen LogP contribution in [0.2, 0.25) is 0 Å². The number of fused-ring (bicyclic) bond motifs is 2. The number of aromatic nitrogens is 1. The number of piperazine rings is 1. The second-order valence-corrected chi connectivity index (χ2v) is 13.9. The fraction of sp³-hybridized carbons (Fsp3) is 0.556. The Morgan fingerprint density at radius 3 is 2.37 bits per heavy atom. The Bertz CT molecular complexity index is 1750. The molecular weight excluding hydrogens is 626 g/mol. The van der Waals surface area contributed by atoms with Crippen molar-refractivity contribution in [2.45, 2.75) is 63.6 Å². The number of benzene rings is 2. The first-order valence-corrected chi connectivity index (χ1v) is 17.7. The molecule has 0 radical (unpaired) electrons. The number of hydrogen-bond donors (Lipinski definition) is 2. The quantitative estimate of drug-likeness (QED) is 0.409. The zero-order valence-electron chi connectivity index (χ0n) is 28.5. The van der Waals surface area contributed by atoms with Gasteiger partial charge in [-0.3, -0.25) is 14.3 Å². The molecule has 4 aliphatic heterocycles. The third-order valence-corrected chi connectivity index (χ3v) is 10.8. The van der Waals surface area contributed by atoms with Gasteiger partial charge in [0.25, 0.3) is 5.91 Å². The highest BCUT2D eigenvalue weighted by molar-refractivity contribution is 5.91. The monoisotopic (exact) mass is 673 g/mol. The molecule has 3 aromatic rings. The van der Waals surface area contributed by atoms with Crippen molar-refractivity contribution in [3.05, 3.63) is 63.6 Å². The number of oxazole rings is 1. The van der Waals surface area contributed by atoms with Crippen LogP contribution in [0, 0.1) is 6.92 Å². The molecule has 0 spiro atoms. The number of para-hydroxylation sites is 1. The third kappa shape index (κ3) is 7.04. The van der Waals surface area contributed by atoms with Gasteiger partial charge in [0.1, 0.15) is 0 Å². The van der Waals surface area contributed by atoms with Gasteiger partial charge in [-0.2, -0.15) is 0 Å². The van der Waals surface area contributed by atoms with Crippen LogP contribution in [0.3, 0.4) is 0 Å². The minimum absolute atomic E-state index is 0.00278. The first-order valence-electron chi connectivity index (χ1n) is 17.7. The Labute approximate surface area is 286 Å². The number of rotatable bonds is 6. The average molecular weight is 674 g/mol. The number of carbonyl (C=O) groups excluding carboxylic acids is 3. The molecule has 4 aliphatic rings. The zero-order valence-corrected chi connectivity index (χ0v) is 28.5. The van der Waals surface area contributed by atoms with Crippen LogP contribution < -0.4 is 16.4 Å². The standard InChI is InChI=1S/C36H47N7O6/c1-24-21-25(22-30-32(24)39(2)35(46)48-30)23-31(33(44)41-14-8-27(9-15-41)40-19-12-37-13-20-40)49-36(47)42-16-10-28(11-17-42)43-18-7-26-5-3-4-6-29(26)38-34(43)45/h3-6,21-22,27-28,31,37H,7-20,23H2,1-2H3,(H,38,45)/t31-/m1/s1. The lowest BCUT2D eigenvalue weighted by Gasteiger charge is -2.41. The fourth-order valence-electron chi connectivity index (χ4n) is 8.09. The highest BCUT2D eigenvalue weighted by Crippen LogP contribution is 2.27. The summed E-state index contributed by atoms with van der Waals surface area (Å²) in [6.07, 6.45) is 2.41. The molecule has 49 heavy (non-hydrogen) atoms. The van der Waals surface area contributed by atoms with Crippen LogP contribution in [0.5, 0.6) is 0 Å². The smallest absolute Gasteiger partial charge is 0.419 e. The van der Waals surface area contributed by atoms with Gasteiger partial charge >= 0.3 is 17.9 Å². The van der Waals surface area contributed by atoms with Crippen LogP contribution >= 0.6 is 0 Å². The van der Waals surface area contributed by atoms with Gasteiger partial charge in [-0.15, -0.1) is 0 Å². The largest absolute Gasteiger partial charge is 0.436 e.